The van der Waals surface area contributed by atoms with Gasteiger partial charge in [-0.3, -0.25) is 4.79 Å². The number of anilines is 1. The molecule has 0 saturated carbocycles. The molecule has 0 radical (unpaired) electrons. The Bertz CT molecular complexity index is 655. The van der Waals surface area contributed by atoms with Crippen LogP contribution in [0.4, 0.5) is 10.1 Å². The summed E-state index contributed by atoms with van der Waals surface area (Å²) in [5, 5.41) is 0. The van der Waals surface area contributed by atoms with E-state index in [0.29, 0.717) is 18.7 Å². The van der Waals surface area contributed by atoms with Crippen LogP contribution in [0.2, 0.25) is 0 Å². The van der Waals surface area contributed by atoms with Crippen molar-refractivity contribution in [3.05, 3.63) is 65.0 Å². The van der Waals surface area contributed by atoms with Crippen molar-refractivity contribution in [1.82, 2.24) is 4.90 Å². The molecule has 3 nitrogen and oxygen atoms in total. The van der Waals surface area contributed by atoms with Gasteiger partial charge in [0.05, 0.1) is 5.69 Å². The SMILES string of the molecule is CCN(Cc1ccccc1C)C(=O)c1ccc(F)c(N)c1. The molecule has 0 aliphatic heterocycles. The van der Waals surface area contributed by atoms with E-state index in [-0.39, 0.29) is 11.6 Å². The van der Waals surface area contributed by atoms with Crippen molar-refractivity contribution < 1.29 is 9.18 Å². The Labute approximate surface area is 124 Å². The van der Waals surface area contributed by atoms with E-state index in [1.54, 1.807) is 4.90 Å². The molecule has 0 saturated heterocycles. The number of nitrogens with two attached hydrogens (primary N) is 1. The number of rotatable bonds is 4. The highest BCUT2D eigenvalue weighted by molar-refractivity contribution is 5.95. The van der Waals surface area contributed by atoms with Crippen LogP contribution in [-0.2, 0) is 6.54 Å². The van der Waals surface area contributed by atoms with Crippen LogP contribution in [0, 0.1) is 12.7 Å². The lowest BCUT2D eigenvalue weighted by molar-refractivity contribution is 0.0752. The third-order valence-corrected chi connectivity index (χ3v) is 3.53. The molecule has 0 aliphatic carbocycles. The Balaban J connectivity index is 2.22. The van der Waals surface area contributed by atoms with E-state index in [0.717, 1.165) is 11.1 Å². The van der Waals surface area contributed by atoms with E-state index in [2.05, 4.69) is 0 Å². The number of hydrogen-bond acceptors (Lipinski definition) is 2. The number of nitrogen functional groups attached to an aromatic ring is 1. The standard InChI is InChI=1S/C17H19FN2O/c1-3-20(11-14-7-5-4-6-12(14)2)17(21)13-8-9-15(18)16(19)10-13/h4-10H,3,11,19H2,1-2H3. The molecule has 0 aromatic heterocycles. The van der Waals surface area contributed by atoms with Gasteiger partial charge in [0.2, 0.25) is 0 Å². The molecule has 2 rings (SSSR count). The Morgan fingerprint density at radius 2 is 1.95 bits per heavy atom. The second-order valence-electron chi connectivity index (χ2n) is 4.98. The molecule has 0 spiro atoms. The summed E-state index contributed by atoms with van der Waals surface area (Å²) in [6, 6.07) is 12.0. The zero-order chi connectivity index (χ0) is 15.4. The summed E-state index contributed by atoms with van der Waals surface area (Å²) >= 11 is 0. The first-order valence-electron chi connectivity index (χ1n) is 6.91. The van der Waals surface area contributed by atoms with Crippen LogP contribution in [0.1, 0.15) is 28.4 Å². The molecule has 2 aromatic carbocycles. The number of nitrogens with zero attached hydrogens (tertiary/aromatic N) is 1. The Kier molecular flexibility index (Phi) is 4.58. The predicted molar refractivity (Wildman–Crippen MR) is 82.4 cm³/mol. The van der Waals surface area contributed by atoms with Crippen LogP contribution in [0.25, 0.3) is 0 Å². The van der Waals surface area contributed by atoms with Crippen LogP contribution >= 0.6 is 0 Å². The van der Waals surface area contributed by atoms with E-state index >= 15 is 0 Å². The fourth-order valence-corrected chi connectivity index (χ4v) is 2.18. The number of carbonyl (C=O) groups is 1. The largest absolute Gasteiger partial charge is 0.396 e. The molecule has 2 aromatic rings. The molecule has 110 valence electrons. The molecule has 0 atom stereocenters. The van der Waals surface area contributed by atoms with Crippen molar-refractivity contribution in [2.75, 3.05) is 12.3 Å². The van der Waals surface area contributed by atoms with Crippen LogP contribution < -0.4 is 5.73 Å². The highest BCUT2D eigenvalue weighted by atomic mass is 19.1. The summed E-state index contributed by atoms with van der Waals surface area (Å²) < 4.78 is 13.2. The average Bonchev–Trinajstić information content (AvgIpc) is 2.48. The zero-order valence-electron chi connectivity index (χ0n) is 12.3. The number of benzene rings is 2. The second kappa shape index (κ2) is 6.39. The second-order valence-corrected chi connectivity index (χ2v) is 4.98. The summed E-state index contributed by atoms with van der Waals surface area (Å²) in [6.07, 6.45) is 0. The lowest BCUT2D eigenvalue weighted by atomic mass is 10.1. The van der Waals surface area contributed by atoms with Gasteiger partial charge in [-0.15, -0.1) is 0 Å². The van der Waals surface area contributed by atoms with Crippen molar-refractivity contribution in [2.24, 2.45) is 0 Å². The van der Waals surface area contributed by atoms with E-state index in [4.69, 9.17) is 5.73 Å². The summed E-state index contributed by atoms with van der Waals surface area (Å²) in [6.45, 7) is 5.04. The van der Waals surface area contributed by atoms with Crippen molar-refractivity contribution >= 4 is 11.6 Å². The van der Waals surface area contributed by atoms with E-state index in [1.807, 2.05) is 38.1 Å². The molecular formula is C17H19FN2O. The fraction of sp³-hybridized carbons (Fsp3) is 0.235. The molecule has 21 heavy (non-hydrogen) atoms. The van der Waals surface area contributed by atoms with Gasteiger partial charge in [0.15, 0.2) is 0 Å². The molecular weight excluding hydrogens is 267 g/mol. The third kappa shape index (κ3) is 3.40. The van der Waals surface area contributed by atoms with Crippen molar-refractivity contribution in [3.8, 4) is 0 Å². The first-order valence-corrected chi connectivity index (χ1v) is 6.91. The van der Waals surface area contributed by atoms with Gasteiger partial charge in [0.1, 0.15) is 5.82 Å². The first kappa shape index (κ1) is 15.0. The van der Waals surface area contributed by atoms with Crippen LogP contribution in [0.3, 0.4) is 0 Å². The van der Waals surface area contributed by atoms with Gasteiger partial charge in [-0.05, 0) is 43.2 Å². The van der Waals surface area contributed by atoms with Crippen LogP contribution in [-0.4, -0.2) is 17.4 Å². The topological polar surface area (TPSA) is 46.3 Å². The van der Waals surface area contributed by atoms with Gasteiger partial charge in [-0.25, -0.2) is 4.39 Å². The maximum absolute atomic E-state index is 13.2. The molecule has 0 heterocycles. The first-order chi connectivity index (χ1) is 10.0. The monoisotopic (exact) mass is 286 g/mol. The average molecular weight is 286 g/mol. The van der Waals surface area contributed by atoms with Gasteiger partial charge in [-0.1, -0.05) is 24.3 Å². The number of carbonyl (C=O) groups excluding carboxylic acids is 1. The number of hydrogen-bond donors (Lipinski definition) is 1. The van der Waals surface area contributed by atoms with Crippen LogP contribution in [0.15, 0.2) is 42.5 Å². The number of halogens is 1. The maximum Gasteiger partial charge on any atom is 0.254 e. The van der Waals surface area contributed by atoms with E-state index in [9.17, 15) is 9.18 Å². The van der Waals surface area contributed by atoms with Crippen molar-refractivity contribution in [3.63, 3.8) is 0 Å². The summed E-state index contributed by atoms with van der Waals surface area (Å²) in [7, 11) is 0. The van der Waals surface area contributed by atoms with Gasteiger partial charge < -0.3 is 10.6 Å². The summed E-state index contributed by atoms with van der Waals surface area (Å²) in [5.74, 6) is -0.652. The summed E-state index contributed by atoms with van der Waals surface area (Å²) in [4.78, 5) is 14.2. The Morgan fingerprint density at radius 3 is 2.57 bits per heavy atom. The fourth-order valence-electron chi connectivity index (χ4n) is 2.18. The van der Waals surface area contributed by atoms with E-state index < -0.39 is 5.82 Å². The minimum atomic E-state index is -0.506. The van der Waals surface area contributed by atoms with Crippen LogP contribution in [0.5, 0.6) is 0 Å². The van der Waals surface area contributed by atoms with Gasteiger partial charge in [0, 0.05) is 18.7 Å². The molecule has 0 fully saturated rings. The molecule has 1 amide bonds. The normalized spacial score (nSPS) is 10.4. The van der Waals surface area contributed by atoms with Crippen molar-refractivity contribution in [1.29, 1.82) is 0 Å². The third-order valence-electron chi connectivity index (χ3n) is 3.53. The molecule has 0 unspecified atom stereocenters. The molecule has 0 bridgehead atoms. The molecule has 0 aliphatic rings. The van der Waals surface area contributed by atoms with Gasteiger partial charge >= 0.3 is 0 Å². The molecule has 2 N–H and O–H groups in total. The predicted octanol–water partition coefficient (Wildman–Crippen LogP) is 3.38. The Morgan fingerprint density at radius 1 is 1.24 bits per heavy atom. The summed E-state index contributed by atoms with van der Waals surface area (Å²) in [5.41, 5.74) is 8.17. The minimum absolute atomic E-state index is 0.00667. The number of aryl methyl sites for hydroxylation is 1. The smallest absolute Gasteiger partial charge is 0.254 e. The quantitative estimate of drug-likeness (QED) is 0.876. The molecule has 4 heteroatoms. The minimum Gasteiger partial charge on any atom is -0.396 e. The highest BCUT2D eigenvalue weighted by Gasteiger charge is 2.16. The maximum atomic E-state index is 13.2. The van der Waals surface area contributed by atoms with Gasteiger partial charge in [0.25, 0.3) is 5.91 Å². The number of amides is 1. The van der Waals surface area contributed by atoms with E-state index in [1.165, 1.54) is 18.2 Å². The lowest BCUT2D eigenvalue weighted by Crippen LogP contribution is -2.30. The lowest BCUT2D eigenvalue weighted by Gasteiger charge is -2.22. The van der Waals surface area contributed by atoms with Crippen molar-refractivity contribution in [2.45, 2.75) is 20.4 Å². The van der Waals surface area contributed by atoms with Gasteiger partial charge in [-0.2, -0.15) is 0 Å². The Hall–Kier alpha value is -2.36. The highest BCUT2D eigenvalue weighted by Crippen LogP contribution is 2.16. The zero-order valence-corrected chi connectivity index (χ0v) is 12.3.